The van der Waals surface area contributed by atoms with Gasteiger partial charge in [-0.15, -0.1) is 0 Å². The molecule has 0 amide bonds. The number of nitrogens with zero attached hydrogens (tertiary/aromatic N) is 4. The molecule has 0 aliphatic rings. The van der Waals surface area contributed by atoms with Gasteiger partial charge >= 0.3 is 5.63 Å². The molecule has 0 radical (unpaired) electrons. The SMILES string of the molecule is Cc1cc2oc(=O)cc(Cn3cnc4c(cnn4C)c3=O)c2cc1Cl. The summed E-state index contributed by atoms with van der Waals surface area (Å²) in [5.41, 5.74) is 1.70. The van der Waals surface area contributed by atoms with Crippen molar-refractivity contribution in [3.63, 3.8) is 0 Å². The van der Waals surface area contributed by atoms with E-state index in [1.54, 1.807) is 19.2 Å². The Morgan fingerprint density at radius 2 is 2.00 bits per heavy atom. The molecular formula is C17H13ClN4O3. The minimum absolute atomic E-state index is 0.179. The van der Waals surface area contributed by atoms with Crippen LogP contribution in [0.4, 0.5) is 0 Å². The lowest BCUT2D eigenvalue weighted by Crippen LogP contribution is -2.21. The molecule has 0 aliphatic heterocycles. The molecule has 3 aromatic heterocycles. The molecule has 4 rings (SSSR count). The van der Waals surface area contributed by atoms with Crippen LogP contribution in [0.25, 0.3) is 22.0 Å². The fourth-order valence-corrected chi connectivity index (χ4v) is 3.01. The molecule has 0 saturated carbocycles. The summed E-state index contributed by atoms with van der Waals surface area (Å²) in [6.45, 7) is 2.01. The molecule has 7 nitrogen and oxygen atoms in total. The van der Waals surface area contributed by atoms with Gasteiger partial charge in [-0.05, 0) is 30.2 Å². The zero-order valence-corrected chi connectivity index (χ0v) is 14.2. The Bertz CT molecular complexity index is 1250. The van der Waals surface area contributed by atoms with Gasteiger partial charge in [-0.3, -0.25) is 14.0 Å². The third kappa shape index (κ3) is 2.53. The van der Waals surface area contributed by atoms with Crippen LogP contribution in [0.3, 0.4) is 0 Å². The van der Waals surface area contributed by atoms with E-state index >= 15 is 0 Å². The topological polar surface area (TPSA) is 82.9 Å². The van der Waals surface area contributed by atoms with E-state index in [1.807, 2.05) is 6.92 Å². The fraction of sp³-hybridized carbons (Fsp3) is 0.176. The predicted octanol–water partition coefficient (Wildman–Crippen LogP) is 2.25. The quantitative estimate of drug-likeness (QED) is 0.514. The number of fused-ring (bicyclic) bond motifs is 2. The molecule has 8 heteroatoms. The van der Waals surface area contributed by atoms with Crippen LogP contribution in [-0.2, 0) is 13.6 Å². The van der Waals surface area contributed by atoms with Crippen molar-refractivity contribution in [3.05, 3.63) is 67.6 Å². The number of rotatable bonds is 2. The maximum atomic E-state index is 12.6. The Labute approximate surface area is 146 Å². The summed E-state index contributed by atoms with van der Waals surface area (Å²) in [5, 5.41) is 5.72. The van der Waals surface area contributed by atoms with Gasteiger partial charge in [0.1, 0.15) is 17.3 Å². The van der Waals surface area contributed by atoms with E-state index in [4.69, 9.17) is 16.0 Å². The number of benzene rings is 1. The van der Waals surface area contributed by atoms with Gasteiger partial charge in [-0.2, -0.15) is 5.10 Å². The van der Waals surface area contributed by atoms with Crippen LogP contribution < -0.4 is 11.2 Å². The monoisotopic (exact) mass is 356 g/mol. The smallest absolute Gasteiger partial charge is 0.336 e. The second-order valence-corrected chi connectivity index (χ2v) is 6.28. The number of hydrogen-bond acceptors (Lipinski definition) is 5. The summed E-state index contributed by atoms with van der Waals surface area (Å²) in [4.78, 5) is 28.8. The van der Waals surface area contributed by atoms with Crippen molar-refractivity contribution in [2.45, 2.75) is 13.5 Å². The third-order valence-corrected chi connectivity index (χ3v) is 4.58. The molecule has 0 atom stereocenters. The molecule has 0 aliphatic carbocycles. The van der Waals surface area contributed by atoms with Crippen LogP contribution in [0.2, 0.25) is 5.02 Å². The van der Waals surface area contributed by atoms with E-state index in [2.05, 4.69) is 10.1 Å². The third-order valence-electron chi connectivity index (χ3n) is 4.17. The first-order valence-electron chi connectivity index (χ1n) is 7.54. The second kappa shape index (κ2) is 5.56. The number of halogens is 1. The van der Waals surface area contributed by atoms with Crippen LogP contribution in [0, 0.1) is 6.92 Å². The maximum Gasteiger partial charge on any atom is 0.336 e. The Morgan fingerprint density at radius 1 is 1.20 bits per heavy atom. The molecule has 25 heavy (non-hydrogen) atoms. The van der Waals surface area contributed by atoms with Crippen molar-refractivity contribution in [3.8, 4) is 0 Å². The highest BCUT2D eigenvalue weighted by molar-refractivity contribution is 6.32. The molecule has 0 bridgehead atoms. The minimum atomic E-state index is -0.479. The highest BCUT2D eigenvalue weighted by atomic mass is 35.5. The average Bonchev–Trinajstić information content (AvgIpc) is 2.94. The van der Waals surface area contributed by atoms with E-state index in [1.165, 1.54) is 27.8 Å². The minimum Gasteiger partial charge on any atom is -0.423 e. The van der Waals surface area contributed by atoms with Gasteiger partial charge < -0.3 is 4.42 Å². The normalized spacial score (nSPS) is 11.5. The largest absolute Gasteiger partial charge is 0.423 e. The lowest BCUT2D eigenvalue weighted by atomic mass is 10.1. The van der Waals surface area contributed by atoms with Crippen LogP contribution in [0.15, 0.2) is 44.7 Å². The first-order valence-corrected chi connectivity index (χ1v) is 7.92. The number of hydrogen-bond donors (Lipinski definition) is 0. The van der Waals surface area contributed by atoms with Crippen molar-refractivity contribution in [1.82, 2.24) is 19.3 Å². The van der Waals surface area contributed by atoms with Crippen molar-refractivity contribution < 1.29 is 4.42 Å². The summed E-state index contributed by atoms with van der Waals surface area (Å²) in [7, 11) is 1.72. The van der Waals surface area contributed by atoms with Gasteiger partial charge in [0.05, 0.1) is 12.7 Å². The summed E-state index contributed by atoms with van der Waals surface area (Å²) >= 11 is 6.20. The van der Waals surface area contributed by atoms with Crippen molar-refractivity contribution in [2.75, 3.05) is 0 Å². The van der Waals surface area contributed by atoms with Gasteiger partial charge in [-0.1, -0.05) is 11.6 Å². The number of aryl methyl sites for hydroxylation is 2. The van der Waals surface area contributed by atoms with Crippen LogP contribution >= 0.6 is 11.6 Å². The molecule has 3 heterocycles. The zero-order chi connectivity index (χ0) is 17.7. The summed E-state index contributed by atoms with van der Waals surface area (Å²) in [6.07, 6.45) is 2.93. The van der Waals surface area contributed by atoms with Gasteiger partial charge in [0, 0.05) is 23.5 Å². The van der Waals surface area contributed by atoms with Gasteiger partial charge in [0.15, 0.2) is 5.65 Å². The van der Waals surface area contributed by atoms with Crippen LogP contribution in [0.1, 0.15) is 11.1 Å². The Morgan fingerprint density at radius 3 is 2.80 bits per heavy atom. The Hall–Kier alpha value is -2.93. The highest BCUT2D eigenvalue weighted by Crippen LogP contribution is 2.25. The van der Waals surface area contributed by atoms with Gasteiger partial charge in [-0.25, -0.2) is 9.78 Å². The predicted molar refractivity (Wildman–Crippen MR) is 94.1 cm³/mol. The van der Waals surface area contributed by atoms with E-state index in [0.717, 1.165) is 5.56 Å². The summed E-state index contributed by atoms with van der Waals surface area (Å²) in [5.74, 6) is 0. The maximum absolute atomic E-state index is 12.6. The molecular weight excluding hydrogens is 344 g/mol. The molecule has 0 saturated heterocycles. The van der Waals surface area contributed by atoms with Crippen molar-refractivity contribution in [1.29, 1.82) is 0 Å². The lowest BCUT2D eigenvalue weighted by Gasteiger charge is -2.09. The second-order valence-electron chi connectivity index (χ2n) is 5.87. The Balaban J connectivity index is 1.91. The van der Waals surface area contributed by atoms with Crippen molar-refractivity contribution >= 4 is 33.6 Å². The standard InChI is InChI=1S/C17H13ClN4O3/c1-9-3-14-11(5-13(9)18)10(4-15(23)25-14)7-22-8-19-16-12(17(22)24)6-20-21(16)2/h3-6,8H,7H2,1-2H3. The number of aromatic nitrogens is 4. The van der Waals surface area contributed by atoms with E-state index < -0.39 is 5.63 Å². The van der Waals surface area contributed by atoms with Gasteiger partial charge in [0.2, 0.25) is 0 Å². The first-order chi connectivity index (χ1) is 11.9. The summed E-state index contributed by atoms with van der Waals surface area (Å²) in [6, 6.07) is 4.83. The first kappa shape index (κ1) is 15.6. The average molecular weight is 357 g/mol. The molecule has 0 spiro atoms. The van der Waals surface area contributed by atoms with Crippen molar-refractivity contribution in [2.24, 2.45) is 7.05 Å². The molecule has 1 aromatic carbocycles. The molecule has 0 N–H and O–H groups in total. The van der Waals surface area contributed by atoms with E-state index in [0.29, 0.717) is 32.6 Å². The van der Waals surface area contributed by atoms with E-state index in [-0.39, 0.29) is 12.1 Å². The summed E-state index contributed by atoms with van der Waals surface area (Å²) < 4.78 is 8.22. The molecule has 4 aromatic rings. The highest BCUT2D eigenvalue weighted by Gasteiger charge is 2.12. The fourth-order valence-electron chi connectivity index (χ4n) is 2.84. The Kier molecular flexibility index (Phi) is 3.47. The molecule has 126 valence electrons. The van der Waals surface area contributed by atoms with Crippen LogP contribution in [-0.4, -0.2) is 19.3 Å². The zero-order valence-electron chi connectivity index (χ0n) is 13.5. The lowest BCUT2D eigenvalue weighted by molar-refractivity contribution is 0.557. The van der Waals surface area contributed by atoms with Gasteiger partial charge in [0.25, 0.3) is 5.56 Å². The van der Waals surface area contributed by atoms with Crippen LogP contribution in [0.5, 0.6) is 0 Å². The molecule has 0 fully saturated rings. The molecule has 0 unspecified atom stereocenters. The van der Waals surface area contributed by atoms with E-state index in [9.17, 15) is 9.59 Å².